The second-order valence-corrected chi connectivity index (χ2v) is 8.32. The summed E-state index contributed by atoms with van der Waals surface area (Å²) in [7, 11) is -2.04. The number of nitrogens with zero attached hydrogens (tertiary/aromatic N) is 1. The molecule has 1 unspecified atom stereocenters. The summed E-state index contributed by atoms with van der Waals surface area (Å²) >= 11 is 0. The lowest BCUT2D eigenvalue weighted by atomic mass is 10.1. The number of hydrogen-bond acceptors (Lipinski definition) is 6. The molecule has 1 amide bonds. The van der Waals surface area contributed by atoms with Crippen molar-refractivity contribution in [2.75, 3.05) is 51.8 Å². The molecule has 8 nitrogen and oxygen atoms in total. The number of carbonyl (C=O) groups is 1. The summed E-state index contributed by atoms with van der Waals surface area (Å²) in [5.41, 5.74) is 0.917. The summed E-state index contributed by atoms with van der Waals surface area (Å²) in [4.78, 5) is 12.9. The van der Waals surface area contributed by atoms with Gasteiger partial charge in [-0.05, 0) is 31.2 Å². The van der Waals surface area contributed by atoms with Crippen molar-refractivity contribution in [1.82, 2.24) is 14.9 Å². The van der Waals surface area contributed by atoms with Gasteiger partial charge in [-0.3, -0.25) is 4.79 Å². The molecule has 1 aromatic rings. The molecule has 2 rings (SSSR count). The molecule has 0 bridgehead atoms. The van der Waals surface area contributed by atoms with Gasteiger partial charge in [0.25, 0.3) is 5.91 Å². The molecular formula is C18H31ClN4O4S. The number of anilines is 1. The maximum atomic E-state index is 12.8. The average Bonchev–Trinajstić information content (AvgIpc) is 3.15. The molecule has 1 fully saturated rings. The smallest absolute Gasteiger partial charge is 0.253 e. The van der Waals surface area contributed by atoms with Crippen LogP contribution in [0.5, 0.6) is 0 Å². The first-order valence-electron chi connectivity index (χ1n) is 9.32. The molecule has 1 aromatic carbocycles. The van der Waals surface area contributed by atoms with Crippen LogP contribution >= 0.6 is 12.4 Å². The van der Waals surface area contributed by atoms with Gasteiger partial charge in [0, 0.05) is 45.0 Å². The minimum Gasteiger partial charge on any atom is -0.383 e. The zero-order valence-electron chi connectivity index (χ0n) is 16.7. The lowest BCUT2D eigenvalue weighted by Crippen LogP contribution is -2.37. The lowest BCUT2D eigenvalue weighted by Gasteiger charge is -2.20. The van der Waals surface area contributed by atoms with E-state index < -0.39 is 10.0 Å². The number of hydrogen-bond donors (Lipinski definition) is 3. The molecule has 0 radical (unpaired) electrons. The van der Waals surface area contributed by atoms with Crippen molar-refractivity contribution >= 4 is 34.0 Å². The number of nitrogens with one attached hydrogen (secondary N) is 3. The van der Waals surface area contributed by atoms with Crippen molar-refractivity contribution in [3.63, 3.8) is 0 Å². The van der Waals surface area contributed by atoms with E-state index in [4.69, 9.17) is 4.74 Å². The van der Waals surface area contributed by atoms with E-state index in [1.807, 2.05) is 0 Å². The molecule has 0 aromatic heterocycles. The van der Waals surface area contributed by atoms with E-state index in [1.165, 1.54) is 16.4 Å². The van der Waals surface area contributed by atoms with E-state index >= 15 is 0 Å². The number of carbonyl (C=O) groups excluding carboxylic acids is 1. The van der Waals surface area contributed by atoms with Crippen LogP contribution in [0.1, 0.15) is 30.6 Å². The fourth-order valence-electron chi connectivity index (χ4n) is 3.07. The Morgan fingerprint density at radius 1 is 1.32 bits per heavy atom. The Kier molecular flexibility index (Phi) is 10.2. The summed E-state index contributed by atoms with van der Waals surface area (Å²) in [6.45, 7) is 6.92. The summed E-state index contributed by atoms with van der Waals surface area (Å²) in [6.07, 6.45) is 0.857. The van der Waals surface area contributed by atoms with Gasteiger partial charge in [-0.1, -0.05) is 13.8 Å². The lowest BCUT2D eigenvalue weighted by molar-refractivity contribution is 0.0940. The van der Waals surface area contributed by atoms with Crippen molar-refractivity contribution in [3.05, 3.63) is 23.8 Å². The van der Waals surface area contributed by atoms with Crippen LogP contribution in [0.2, 0.25) is 0 Å². The van der Waals surface area contributed by atoms with Crippen molar-refractivity contribution in [2.45, 2.75) is 31.2 Å². The fraction of sp³-hybridized carbons (Fsp3) is 0.611. The normalized spacial score (nSPS) is 16.6. The highest BCUT2D eigenvalue weighted by atomic mass is 35.5. The predicted molar refractivity (Wildman–Crippen MR) is 113 cm³/mol. The number of amides is 1. The van der Waals surface area contributed by atoms with Crippen molar-refractivity contribution in [2.24, 2.45) is 0 Å². The molecule has 0 saturated carbocycles. The van der Waals surface area contributed by atoms with Crippen molar-refractivity contribution in [1.29, 1.82) is 0 Å². The zero-order chi connectivity index (χ0) is 19.9. The minimum absolute atomic E-state index is 0. The second kappa shape index (κ2) is 11.6. The number of ether oxygens (including phenoxy) is 1. The van der Waals surface area contributed by atoms with Gasteiger partial charge in [0.05, 0.1) is 17.1 Å². The van der Waals surface area contributed by atoms with Crippen LogP contribution in [-0.2, 0) is 14.8 Å². The average molecular weight is 435 g/mol. The van der Waals surface area contributed by atoms with Crippen molar-refractivity contribution < 1.29 is 17.9 Å². The largest absolute Gasteiger partial charge is 0.383 e. The third-order valence-corrected chi connectivity index (χ3v) is 6.64. The SMILES string of the molecule is CCN(CC)S(=O)(=O)c1ccc(NCCOC)c(C(=O)NC2CCNC2)c1.Cl. The molecule has 28 heavy (non-hydrogen) atoms. The first-order chi connectivity index (χ1) is 12.9. The highest BCUT2D eigenvalue weighted by Gasteiger charge is 2.25. The van der Waals surface area contributed by atoms with E-state index in [0.717, 1.165) is 19.5 Å². The highest BCUT2D eigenvalue weighted by Crippen LogP contribution is 2.23. The van der Waals surface area contributed by atoms with Gasteiger partial charge < -0.3 is 20.7 Å². The summed E-state index contributed by atoms with van der Waals surface area (Å²) in [5, 5.41) is 9.33. The number of halogens is 1. The monoisotopic (exact) mass is 434 g/mol. The van der Waals surface area contributed by atoms with Crippen LogP contribution < -0.4 is 16.0 Å². The van der Waals surface area contributed by atoms with Gasteiger partial charge in [-0.2, -0.15) is 4.31 Å². The van der Waals surface area contributed by atoms with Crippen LogP contribution in [0.25, 0.3) is 0 Å². The van der Waals surface area contributed by atoms with Crippen LogP contribution in [0.4, 0.5) is 5.69 Å². The van der Waals surface area contributed by atoms with Crippen LogP contribution in [0, 0.1) is 0 Å². The van der Waals surface area contributed by atoms with Gasteiger partial charge in [-0.15, -0.1) is 12.4 Å². The second-order valence-electron chi connectivity index (χ2n) is 6.38. The van der Waals surface area contributed by atoms with Gasteiger partial charge in [0.2, 0.25) is 10.0 Å². The molecule has 1 saturated heterocycles. The quantitative estimate of drug-likeness (QED) is 0.480. The van der Waals surface area contributed by atoms with E-state index in [2.05, 4.69) is 16.0 Å². The first-order valence-corrected chi connectivity index (χ1v) is 10.8. The molecule has 160 valence electrons. The Morgan fingerprint density at radius 2 is 2.04 bits per heavy atom. The predicted octanol–water partition coefficient (Wildman–Crippen LogP) is 1.29. The Balaban J connectivity index is 0.00000392. The number of rotatable bonds is 10. The number of sulfonamides is 1. The molecular weight excluding hydrogens is 404 g/mol. The summed E-state index contributed by atoms with van der Waals surface area (Å²) < 4.78 is 32.1. The van der Waals surface area contributed by atoms with E-state index in [-0.39, 0.29) is 29.3 Å². The maximum Gasteiger partial charge on any atom is 0.253 e. The molecule has 1 atom stereocenters. The molecule has 10 heteroatoms. The third-order valence-electron chi connectivity index (χ3n) is 4.60. The van der Waals surface area contributed by atoms with Gasteiger partial charge in [0.1, 0.15) is 0 Å². The third kappa shape index (κ3) is 6.05. The number of benzene rings is 1. The molecule has 3 N–H and O–H groups in total. The van der Waals surface area contributed by atoms with Crippen LogP contribution in [-0.4, -0.2) is 71.1 Å². The maximum absolute atomic E-state index is 12.8. The van der Waals surface area contributed by atoms with Crippen LogP contribution in [0.3, 0.4) is 0 Å². The van der Waals surface area contributed by atoms with Crippen molar-refractivity contribution in [3.8, 4) is 0 Å². The Bertz CT molecular complexity index is 735. The van der Waals surface area contributed by atoms with E-state index in [9.17, 15) is 13.2 Å². The molecule has 0 spiro atoms. The van der Waals surface area contributed by atoms with Crippen LogP contribution in [0.15, 0.2) is 23.1 Å². The van der Waals surface area contributed by atoms with Gasteiger partial charge in [0.15, 0.2) is 0 Å². The Morgan fingerprint density at radius 3 is 2.61 bits per heavy atom. The molecule has 1 heterocycles. The fourth-order valence-corrected chi connectivity index (χ4v) is 4.55. The van der Waals surface area contributed by atoms with E-state index in [0.29, 0.717) is 37.5 Å². The van der Waals surface area contributed by atoms with E-state index in [1.54, 1.807) is 27.0 Å². The molecule has 0 aliphatic carbocycles. The van der Waals surface area contributed by atoms with Gasteiger partial charge in [-0.25, -0.2) is 8.42 Å². The summed E-state index contributed by atoms with van der Waals surface area (Å²) in [6, 6.07) is 4.69. The Labute approximate surface area is 173 Å². The number of methoxy groups -OCH3 is 1. The van der Waals surface area contributed by atoms with Gasteiger partial charge >= 0.3 is 0 Å². The standard InChI is InChI=1S/C18H30N4O4S.ClH/c1-4-22(5-2)27(24,25)15-6-7-17(20-10-11-26-3)16(12-15)18(23)21-14-8-9-19-13-14;/h6-7,12,14,19-20H,4-5,8-11,13H2,1-3H3,(H,21,23);1H. The molecule has 1 aliphatic heterocycles. The Hall–Kier alpha value is -1.39. The highest BCUT2D eigenvalue weighted by molar-refractivity contribution is 7.89. The first kappa shape index (κ1) is 24.6. The minimum atomic E-state index is -3.64. The zero-order valence-corrected chi connectivity index (χ0v) is 18.3. The summed E-state index contributed by atoms with van der Waals surface area (Å²) in [5.74, 6) is -0.278. The topological polar surface area (TPSA) is 99.8 Å². The molecule has 1 aliphatic rings.